The van der Waals surface area contributed by atoms with Gasteiger partial charge in [0.15, 0.2) is 4.33 Å². The van der Waals surface area contributed by atoms with Crippen molar-refractivity contribution in [3.05, 3.63) is 48.1 Å². The average Bonchev–Trinajstić information content (AvgIpc) is 3.13. The van der Waals surface area contributed by atoms with E-state index in [0.717, 1.165) is 29.8 Å². The minimum Gasteiger partial charge on any atom is -0.250 e. The van der Waals surface area contributed by atoms with Crippen LogP contribution in [0.1, 0.15) is 18.4 Å². The van der Waals surface area contributed by atoms with Crippen molar-refractivity contribution in [2.75, 3.05) is 0 Å². The maximum absolute atomic E-state index is 6.46. The molecule has 0 unspecified atom stereocenters. The van der Waals surface area contributed by atoms with Crippen LogP contribution in [-0.2, 0) is 0 Å². The number of nitrogens with zero attached hydrogens (tertiary/aromatic N) is 1. The number of para-hydroxylation sites is 1. The van der Waals surface area contributed by atoms with Crippen molar-refractivity contribution in [3.8, 4) is 0 Å². The average molecular weight is 278 g/mol. The second-order valence-corrected chi connectivity index (χ2v) is 6.06. The Bertz CT molecular complexity index is 551. The molecule has 1 aromatic rings. The molecule has 0 saturated heterocycles. The molecule has 1 heterocycles. The van der Waals surface area contributed by atoms with Gasteiger partial charge < -0.3 is 0 Å². The summed E-state index contributed by atoms with van der Waals surface area (Å²) in [6.07, 6.45) is 10.0. The Kier molecular flexibility index (Phi) is 3.04. The second-order valence-electron chi connectivity index (χ2n) is 4.67. The van der Waals surface area contributed by atoms with E-state index in [9.17, 15) is 0 Å². The van der Waals surface area contributed by atoms with E-state index >= 15 is 0 Å². The Hall–Kier alpha value is -1.05. The van der Waals surface area contributed by atoms with Crippen LogP contribution in [0.25, 0.3) is 6.08 Å². The van der Waals surface area contributed by atoms with Gasteiger partial charge in [-0.2, -0.15) is 0 Å². The van der Waals surface area contributed by atoms with Gasteiger partial charge in [0, 0.05) is 5.56 Å². The molecule has 92 valence electrons. The van der Waals surface area contributed by atoms with Crippen LogP contribution in [0.15, 0.2) is 47.5 Å². The molecule has 0 spiro atoms. The molecule has 0 aromatic heterocycles. The molecule has 1 nitrogen and oxygen atoms in total. The van der Waals surface area contributed by atoms with Crippen molar-refractivity contribution >= 4 is 40.7 Å². The number of rotatable bonds is 2. The summed E-state index contributed by atoms with van der Waals surface area (Å²) in [5.41, 5.74) is 2.74. The highest BCUT2D eigenvalue weighted by Crippen LogP contribution is 2.48. The summed E-state index contributed by atoms with van der Waals surface area (Å²) in [4.78, 5) is 4.65. The fourth-order valence-electron chi connectivity index (χ4n) is 2.04. The predicted octanol–water partition coefficient (Wildman–Crippen LogP) is 4.93. The van der Waals surface area contributed by atoms with E-state index in [1.54, 1.807) is 0 Å². The molecule has 1 aliphatic carbocycles. The number of fused-ring (bicyclic) bond motifs is 1. The first kappa shape index (κ1) is 12.0. The molecule has 18 heavy (non-hydrogen) atoms. The fraction of sp³-hybridized carbons (Fsp3) is 0.267. The number of hydrogen-bond acceptors (Lipinski definition) is 1. The smallest absolute Gasteiger partial charge is 0.162 e. The number of alkyl halides is 2. The van der Waals surface area contributed by atoms with Crippen LogP contribution in [0.2, 0.25) is 0 Å². The zero-order valence-corrected chi connectivity index (χ0v) is 11.3. The molecule has 1 aromatic carbocycles. The molecule has 1 aliphatic heterocycles. The zero-order valence-electron chi connectivity index (χ0n) is 9.81. The van der Waals surface area contributed by atoms with Crippen molar-refractivity contribution in [3.63, 3.8) is 0 Å². The third-order valence-electron chi connectivity index (χ3n) is 3.25. The van der Waals surface area contributed by atoms with Crippen LogP contribution < -0.4 is 0 Å². The highest BCUT2D eigenvalue weighted by atomic mass is 35.5. The number of hydrogen-bond donors (Lipinski definition) is 0. The van der Waals surface area contributed by atoms with Crippen molar-refractivity contribution < 1.29 is 0 Å². The first-order valence-corrected chi connectivity index (χ1v) is 6.84. The quantitative estimate of drug-likeness (QED) is 0.680. The SMILES string of the molecule is ClC(Cl)(C1=Nc2ccccc2/C=C/C=C1)C1CC1. The lowest BCUT2D eigenvalue weighted by Gasteiger charge is -2.20. The second kappa shape index (κ2) is 4.56. The van der Waals surface area contributed by atoms with Crippen LogP contribution in [0, 0.1) is 5.92 Å². The van der Waals surface area contributed by atoms with E-state index in [-0.39, 0.29) is 0 Å². The van der Waals surface area contributed by atoms with Gasteiger partial charge in [0.2, 0.25) is 0 Å². The van der Waals surface area contributed by atoms with Crippen LogP contribution >= 0.6 is 23.2 Å². The van der Waals surface area contributed by atoms with Crippen molar-refractivity contribution in [1.29, 1.82) is 0 Å². The number of aliphatic imine (C=N–C) groups is 1. The van der Waals surface area contributed by atoms with Gasteiger partial charge in [0.1, 0.15) is 0 Å². The van der Waals surface area contributed by atoms with E-state index < -0.39 is 4.33 Å². The standard InChI is InChI=1S/C15H13Cl2N/c16-15(17,12-9-10-12)14-8-4-2-6-11-5-1-3-7-13(11)18-14/h1-8,12H,9-10H2/b4-2?,6-2+,8-4?,11-6?,14-8?,18-13?,18-14?. The van der Waals surface area contributed by atoms with Gasteiger partial charge in [-0.1, -0.05) is 59.6 Å². The van der Waals surface area contributed by atoms with Gasteiger partial charge in [-0.05, 0) is 30.9 Å². The molecule has 3 heteroatoms. The van der Waals surface area contributed by atoms with Gasteiger partial charge in [0.05, 0.1) is 11.4 Å². The summed E-state index contributed by atoms with van der Waals surface area (Å²) >= 11 is 12.9. The summed E-state index contributed by atoms with van der Waals surface area (Å²) in [5, 5.41) is 0. The van der Waals surface area contributed by atoms with Crippen LogP contribution in [0.3, 0.4) is 0 Å². The molecule has 1 fully saturated rings. The fourth-order valence-corrected chi connectivity index (χ4v) is 2.69. The van der Waals surface area contributed by atoms with Crippen molar-refractivity contribution in [2.24, 2.45) is 10.9 Å². The Labute approximate surface area is 117 Å². The summed E-state index contributed by atoms with van der Waals surface area (Å²) in [5.74, 6) is 0.333. The molecule has 0 N–H and O–H groups in total. The van der Waals surface area contributed by atoms with Gasteiger partial charge in [0.25, 0.3) is 0 Å². The van der Waals surface area contributed by atoms with E-state index in [4.69, 9.17) is 23.2 Å². The minimum atomic E-state index is -0.866. The largest absolute Gasteiger partial charge is 0.250 e. The van der Waals surface area contributed by atoms with Gasteiger partial charge in [-0.3, -0.25) is 0 Å². The monoisotopic (exact) mass is 277 g/mol. The first-order chi connectivity index (χ1) is 8.68. The number of halogens is 2. The first-order valence-electron chi connectivity index (χ1n) is 6.09. The topological polar surface area (TPSA) is 12.4 Å². The third kappa shape index (κ3) is 2.25. The van der Waals surface area contributed by atoms with Gasteiger partial charge >= 0.3 is 0 Å². The molecular weight excluding hydrogens is 265 g/mol. The van der Waals surface area contributed by atoms with Crippen molar-refractivity contribution in [1.82, 2.24) is 0 Å². The zero-order chi connectivity index (χ0) is 12.6. The molecular formula is C15H13Cl2N. The Morgan fingerprint density at radius 2 is 1.78 bits per heavy atom. The lowest BCUT2D eigenvalue weighted by molar-refractivity contribution is 0.843. The highest BCUT2D eigenvalue weighted by Gasteiger charge is 2.45. The van der Waals surface area contributed by atoms with Crippen LogP contribution in [-0.4, -0.2) is 10.0 Å². The summed E-state index contributed by atoms with van der Waals surface area (Å²) < 4.78 is -0.866. The Morgan fingerprint density at radius 1 is 1.06 bits per heavy atom. The number of allylic oxidation sites excluding steroid dienone is 3. The number of benzene rings is 1. The molecule has 0 amide bonds. The molecule has 2 aliphatic rings. The summed E-state index contributed by atoms with van der Waals surface area (Å²) in [7, 11) is 0. The molecule has 0 atom stereocenters. The maximum Gasteiger partial charge on any atom is 0.162 e. The minimum absolute atomic E-state index is 0.333. The van der Waals surface area contributed by atoms with Crippen LogP contribution in [0.4, 0.5) is 5.69 Å². The van der Waals surface area contributed by atoms with Gasteiger partial charge in [-0.25, -0.2) is 4.99 Å². The molecule has 1 saturated carbocycles. The van der Waals surface area contributed by atoms with Crippen LogP contribution in [0.5, 0.6) is 0 Å². The third-order valence-corrected chi connectivity index (χ3v) is 4.25. The normalized spacial score (nSPS) is 20.7. The Balaban J connectivity index is 2.07. The lowest BCUT2D eigenvalue weighted by Crippen LogP contribution is -2.27. The molecule has 0 radical (unpaired) electrons. The Morgan fingerprint density at radius 3 is 2.56 bits per heavy atom. The predicted molar refractivity (Wildman–Crippen MR) is 78.9 cm³/mol. The summed E-state index contributed by atoms with van der Waals surface area (Å²) in [6.45, 7) is 0. The van der Waals surface area contributed by atoms with E-state index in [1.165, 1.54) is 0 Å². The van der Waals surface area contributed by atoms with E-state index in [2.05, 4.69) is 4.99 Å². The van der Waals surface area contributed by atoms with Crippen molar-refractivity contribution in [2.45, 2.75) is 17.2 Å². The van der Waals surface area contributed by atoms with Gasteiger partial charge in [-0.15, -0.1) is 0 Å². The van der Waals surface area contributed by atoms with E-state index in [1.807, 2.05) is 48.6 Å². The lowest BCUT2D eigenvalue weighted by atomic mass is 10.1. The summed E-state index contributed by atoms with van der Waals surface area (Å²) in [6, 6.07) is 7.99. The molecule has 3 rings (SSSR count). The molecule has 0 bridgehead atoms. The highest BCUT2D eigenvalue weighted by molar-refractivity contribution is 6.60. The van der Waals surface area contributed by atoms with E-state index in [0.29, 0.717) is 5.92 Å². The maximum atomic E-state index is 6.46.